The van der Waals surface area contributed by atoms with Crippen molar-refractivity contribution in [3.05, 3.63) is 81.3 Å². The Bertz CT molecular complexity index is 813. The molecule has 124 valence electrons. The maximum atomic E-state index is 13.1. The van der Waals surface area contributed by atoms with Crippen LogP contribution in [0.1, 0.15) is 32.1 Å². The first-order valence-corrected chi connectivity index (χ1v) is 8.91. The number of amides is 1. The number of benzene rings is 1. The van der Waals surface area contributed by atoms with Crippen LogP contribution >= 0.6 is 11.3 Å². The van der Waals surface area contributed by atoms with Gasteiger partial charge >= 0.3 is 0 Å². The van der Waals surface area contributed by atoms with Gasteiger partial charge in [0.25, 0.3) is 5.91 Å². The van der Waals surface area contributed by atoms with Gasteiger partial charge in [-0.25, -0.2) is 0 Å². The molecule has 1 aromatic carbocycles. The summed E-state index contributed by atoms with van der Waals surface area (Å²) in [4.78, 5) is 16.3. The maximum absolute atomic E-state index is 13.1. The molecular formula is C20H22N2OS. The highest BCUT2D eigenvalue weighted by molar-refractivity contribution is 7.09. The van der Waals surface area contributed by atoms with Crippen molar-refractivity contribution in [2.45, 2.75) is 26.9 Å². The maximum Gasteiger partial charge on any atom is 0.254 e. The minimum Gasteiger partial charge on any atom is -0.353 e. The van der Waals surface area contributed by atoms with Crippen molar-refractivity contribution in [2.75, 3.05) is 0 Å². The molecule has 0 saturated heterocycles. The molecule has 24 heavy (non-hydrogen) atoms. The monoisotopic (exact) mass is 338 g/mol. The number of carbonyl (C=O) groups excluding carboxylic acids is 1. The van der Waals surface area contributed by atoms with Gasteiger partial charge in [0.05, 0.1) is 13.1 Å². The van der Waals surface area contributed by atoms with Gasteiger partial charge in [0.15, 0.2) is 0 Å². The number of thiophene rings is 1. The fraction of sp³-hybridized carbons (Fsp3) is 0.250. The lowest BCUT2D eigenvalue weighted by Crippen LogP contribution is -2.30. The number of rotatable bonds is 5. The van der Waals surface area contributed by atoms with Crippen LogP contribution in [0.5, 0.6) is 0 Å². The Morgan fingerprint density at radius 1 is 1.08 bits per heavy atom. The molecule has 0 unspecified atom stereocenters. The number of aromatic nitrogens is 1. The van der Waals surface area contributed by atoms with Crippen molar-refractivity contribution < 1.29 is 4.79 Å². The highest BCUT2D eigenvalue weighted by Gasteiger charge is 2.18. The number of hydrogen-bond donors (Lipinski definition) is 0. The summed E-state index contributed by atoms with van der Waals surface area (Å²) in [5, 5.41) is 2.05. The second-order valence-corrected chi connectivity index (χ2v) is 7.26. The van der Waals surface area contributed by atoms with Crippen molar-refractivity contribution in [3.63, 3.8) is 0 Å². The van der Waals surface area contributed by atoms with Gasteiger partial charge in [-0.2, -0.15) is 0 Å². The molecular weight excluding hydrogens is 316 g/mol. The SMILES string of the molecule is Cc1cc(C)cc(C(=O)N(Cc2cccs2)Cc2cccn2C)c1. The molecule has 0 fully saturated rings. The average molecular weight is 338 g/mol. The van der Waals surface area contributed by atoms with Crippen LogP contribution in [0.2, 0.25) is 0 Å². The molecule has 0 aliphatic rings. The summed E-state index contributed by atoms with van der Waals surface area (Å²) in [6, 6.07) is 14.2. The van der Waals surface area contributed by atoms with E-state index in [1.807, 2.05) is 56.3 Å². The van der Waals surface area contributed by atoms with Crippen LogP contribution in [-0.4, -0.2) is 15.4 Å². The second kappa shape index (κ2) is 7.05. The summed E-state index contributed by atoms with van der Waals surface area (Å²) in [5.41, 5.74) is 4.13. The molecule has 3 rings (SSSR count). The predicted octanol–water partition coefficient (Wildman–Crippen LogP) is 4.55. The van der Waals surface area contributed by atoms with Crippen molar-refractivity contribution >= 4 is 17.2 Å². The molecule has 3 aromatic rings. The Hall–Kier alpha value is -2.33. The molecule has 3 nitrogen and oxygen atoms in total. The standard InChI is InChI=1S/C20H22N2OS/c1-15-10-16(2)12-17(11-15)20(23)22(14-19-7-5-9-24-19)13-18-6-4-8-21(18)3/h4-12H,13-14H2,1-3H3. The third-order valence-electron chi connectivity index (χ3n) is 4.09. The van der Waals surface area contributed by atoms with Gasteiger partial charge in [-0.15, -0.1) is 11.3 Å². The molecule has 2 heterocycles. The van der Waals surface area contributed by atoms with E-state index in [2.05, 4.69) is 28.1 Å². The van der Waals surface area contributed by atoms with Gasteiger partial charge in [0.1, 0.15) is 0 Å². The average Bonchev–Trinajstić information content (AvgIpc) is 3.17. The lowest BCUT2D eigenvalue weighted by atomic mass is 10.1. The number of carbonyl (C=O) groups is 1. The van der Waals surface area contributed by atoms with E-state index < -0.39 is 0 Å². The molecule has 1 amide bonds. The Morgan fingerprint density at radius 2 is 1.83 bits per heavy atom. The molecule has 0 atom stereocenters. The molecule has 0 N–H and O–H groups in total. The summed E-state index contributed by atoms with van der Waals surface area (Å²) < 4.78 is 2.07. The van der Waals surface area contributed by atoms with E-state index in [9.17, 15) is 4.79 Å². The Labute approximate surface area is 147 Å². The highest BCUT2D eigenvalue weighted by Crippen LogP contribution is 2.19. The number of nitrogens with zero attached hydrogens (tertiary/aromatic N) is 2. The smallest absolute Gasteiger partial charge is 0.254 e. The van der Waals surface area contributed by atoms with Crippen LogP contribution in [0.4, 0.5) is 0 Å². The first kappa shape index (κ1) is 16.5. The third-order valence-corrected chi connectivity index (χ3v) is 4.95. The fourth-order valence-electron chi connectivity index (χ4n) is 2.93. The molecule has 4 heteroatoms. The van der Waals surface area contributed by atoms with Crippen LogP contribution in [0.3, 0.4) is 0 Å². The van der Waals surface area contributed by atoms with E-state index in [0.29, 0.717) is 13.1 Å². The van der Waals surface area contributed by atoms with Gasteiger partial charge in [-0.05, 0) is 49.6 Å². The van der Waals surface area contributed by atoms with Crippen molar-refractivity contribution in [3.8, 4) is 0 Å². The quantitative estimate of drug-likeness (QED) is 0.670. The lowest BCUT2D eigenvalue weighted by molar-refractivity contribution is 0.0728. The zero-order valence-corrected chi connectivity index (χ0v) is 15.1. The van der Waals surface area contributed by atoms with Crippen molar-refractivity contribution in [1.29, 1.82) is 0 Å². The van der Waals surface area contributed by atoms with Crippen LogP contribution < -0.4 is 0 Å². The lowest BCUT2D eigenvalue weighted by Gasteiger charge is -2.23. The van der Waals surface area contributed by atoms with Gasteiger partial charge in [-0.1, -0.05) is 23.3 Å². The Morgan fingerprint density at radius 3 is 2.42 bits per heavy atom. The number of aryl methyl sites for hydroxylation is 3. The van der Waals surface area contributed by atoms with Crippen molar-refractivity contribution in [2.24, 2.45) is 7.05 Å². The first-order chi connectivity index (χ1) is 11.5. The molecule has 0 radical (unpaired) electrons. The van der Waals surface area contributed by atoms with Gasteiger partial charge < -0.3 is 9.47 Å². The van der Waals surface area contributed by atoms with Gasteiger partial charge in [0, 0.05) is 29.4 Å². The summed E-state index contributed by atoms with van der Waals surface area (Å²) >= 11 is 1.69. The van der Waals surface area contributed by atoms with Gasteiger partial charge in [-0.3, -0.25) is 4.79 Å². The van der Waals surface area contributed by atoms with E-state index in [0.717, 1.165) is 22.4 Å². The Balaban J connectivity index is 1.90. The topological polar surface area (TPSA) is 25.2 Å². The minimum absolute atomic E-state index is 0.0800. The largest absolute Gasteiger partial charge is 0.353 e. The van der Waals surface area contributed by atoms with E-state index in [1.165, 1.54) is 4.88 Å². The molecule has 0 bridgehead atoms. The first-order valence-electron chi connectivity index (χ1n) is 8.03. The minimum atomic E-state index is 0.0800. The van der Waals surface area contributed by atoms with Gasteiger partial charge in [0.2, 0.25) is 0 Å². The van der Waals surface area contributed by atoms with E-state index in [4.69, 9.17) is 0 Å². The van der Waals surface area contributed by atoms with Crippen molar-refractivity contribution in [1.82, 2.24) is 9.47 Å². The third kappa shape index (κ3) is 3.77. The van der Waals surface area contributed by atoms with E-state index in [1.54, 1.807) is 11.3 Å². The van der Waals surface area contributed by atoms with Crippen LogP contribution in [0.15, 0.2) is 54.0 Å². The fourth-order valence-corrected chi connectivity index (χ4v) is 3.65. The summed E-state index contributed by atoms with van der Waals surface area (Å²) in [7, 11) is 2.01. The molecule has 0 aliphatic carbocycles. The summed E-state index contributed by atoms with van der Waals surface area (Å²) in [5.74, 6) is 0.0800. The van der Waals surface area contributed by atoms with E-state index >= 15 is 0 Å². The molecule has 0 aliphatic heterocycles. The zero-order valence-electron chi connectivity index (χ0n) is 14.3. The highest BCUT2D eigenvalue weighted by atomic mass is 32.1. The number of hydrogen-bond acceptors (Lipinski definition) is 2. The molecule has 2 aromatic heterocycles. The van der Waals surface area contributed by atoms with Crippen LogP contribution in [0.25, 0.3) is 0 Å². The summed E-state index contributed by atoms with van der Waals surface area (Å²) in [6.45, 7) is 5.30. The van der Waals surface area contributed by atoms with Crippen LogP contribution in [-0.2, 0) is 20.1 Å². The van der Waals surface area contributed by atoms with Crippen LogP contribution in [0, 0.1) is 13.8 Å². The predicted molar refractivity (Wildman–Crippen MR) is 99.2 cm³/mol. The normalized spacial score (nSPS) is 10.8. The Kier molecular flexibility index (Phi) is 4.86. The van der Waals surface area contributed by atoms with E-state index in [-0.39, 0.29) is 5.91 Å². The molecule has 0 spiro atoms. The summed E-state index contributed by atoms with van der Waals surface area (Å²) in [6.07, 6.45) is 2.01. The zero-order chi connectivity index (χ0) is 17.1. The molecule has 0 saturated carbocycles. The second-order valence-electron chi connectivity index (χ2n) is 6.23.